The Bertz CT molecular complexity index is 3190. The van der Waals surface area contributed by atoms with Crippen LogP contribution in [0.25, 0.3) is 93.9 Å². The second kappa shape index (κ2) is 12.5. The lowest BCUT2D eigenvalue weighted by Gasteiger charge is -2.29. The maximum atomic E-state index is 4.85. The molecule has 0 radical (unpaired) electrons. The average molecular weight is 725 g/mol. The van der Waals surface area contributed by atoms with E-state index in [9.17, 15) is 0 Å². The SMILES string of the molecule is c1ccc(-c2cc(-c3ccccc3)c3c(c2)c2cc(-c4ccccc4)cc(-c4ccccc4)c2n3B2c3ccccc3-n3c4cncnc4c4cccc2c43)cc1. The van der Waals surface area contributed by atoms with Crippen LogP contribution >= 0.6 is 0 Å². The van der Waals surface area contributed by atoms with Gasteiger partial charge in [0.1, 0.15) is 6.33 Å². The van der Waals surface area contributed by atoms with Gasteiger partial charge in [-0.05, 0) is 74.6 Å². The van der Waals surface area contributed by atoms with Gasteiger partial charge in [-0.25, -0.2) is 9.97 Å². The predicted octanol–water partition coefficient (Wildman–Crippen LogP) is 11.3. The summed E-state index contributed by atoms with van der Waals surface area (Å²) >= 11 is 0. The third-order valence-electron chi connectivity index (χ3n) is 11.9. The maximum Gasteiger partial charge on any atom is 0.332 e. The molecule has 264 valence electrons. The van der Waals surface area contributed by atoms with Crippen LogP contribution in [0.3, 0.4) is 0 Å². The molecule has 1 aliphatic heterocycles. The van der Waals surface area contributed by atoms with Gasteiger partial charge in [0.15, 0.2) is 0 Å². The second-order valence-electron chi connectivity index (χ2n) is 15.0. The number of fused-ring (bicyclic) bond motifs is 8. The average Bonchev–Trinajstić information content (AvgIpc) is 3.81. The topological polar surface area (TPSA) is 35.6 Å². The van der Waals surface area contributed by atoms with E-state index in [2.05, 4.69) is 202 Å². The van der Waals surface area contributed by atoms with Crippen LogP contribution in [0.5, 0.6) is 0 Å². The van der Waals surface area contributed by atoms with E-state index in [0.717, 1.165) is 22.1 Å². The summed E-state index contributed by atoms with van der Waals surface area (Å²) < 4.78 is 5.07. The molecule has 0 atom stereocenters. The smallest absolute Gasteiger partial charge is 0.332 e. The fourth-order valence-electron chi connectivity index (χ4n) is 9.49. The zero-order valence-corrected chi connectivity index (χ0v) is 30.9. The Morgan fingerprint density at radius 2 is 0.912 bits per heavy atom. The van der Waals surface area contributed by atoms with Crippen LogP contribution in [0.4, 0.5) is 0 Å². The van der Waals surface area contributed by atoms with Crippen molar-refractivity contribution in [1.29, 1.82) is 0 Å². The molecular formula is C52H33BN4. The van der Waals surface area contributed by atoms with Gasteiger partial charge in [-0.3, -0.25) is 0 Å². The van der Waals surface area contributed by atoms with Crippen molar-refractivity contribution in [2.75, 3.05) is 0 Å². The quantitative estimate of drug-likeness (QED) is 0.166. The van der Waals surface area contributed by atoms with Gasteiger partial charge in [-0.1, -0.05) is 158 Å². The van der Waals surface area contributed by atoms with E-state index in [-0.39, 0.29) is 6.85 Å². The first kappa shape index (κ1) is 31.8. The number of hydrogen-bond donors (Lipinski definition) is 0. The van der Waals surface area contributed by atoms with Crippen molar-refractivity contribution < 1.29 is 0 Å². The lowest BCUT2D eigenvalue weighted by molar-refractivity contribution is 1.14. The minimum Gasteiger partial charge on any atom is -0.375 e. The minimum absolute atomic E-state index is 0.162. The molecule has 57 heavy (non-hydrogen) atoms. The molecule has 11 aromatic rings. The van der Waals surface area contributed by atoms with E-state index in [1.54, 1.807) is 6.33 Å². The molecule has 0 N–H and O–H groups in total. The molecule has 5 heteroatoms. The molecule has 0 bridgehead atoms. The molecule has 4 heterocycles. The summed E-state index contributed by atoms with van der Waals surface area (Å²) in [6.45, 7) is -0.162. The van der Waals surface area contributed by atoms with Gasteiger partial charge >= 0.3 is 6.85 Å². The molecule has 0 saturated heterocycles. The Labute approximate surface area is 330 Å². The van der Waals surface area contributed by atoms with E-state index in [1.807, 2.05) is 6.20 Å². The van der Waals surface area contributed by atoms with Gasteiger partial charge in [0.25, 0.3) is 0 Å². The van der Waals surface area contributed by atoms with Gasteiger partial charge in [0.05, 0.1) is 22.7 Å². The first-order valence-corrected chi connectivity index (χ1v) is 19.5. The zero-order valence-electron chi connectivity index (χ0n) is 30.9. The van der Waals surface area contributed by atoms with Crippen LogP contribution in [0.1, 0.15) is 0 Å². The molecule has 0 aliphatic carbocycles. The van der Waals surface area contributed by atoms with Crippen molar-refractivity contribution in [2.45, 2.75) is 0 Å². The molecule has 12 rings (SSSR count). The number of aromatic nitrogens is 4. The molecule has 0 fully saturated rings. The minimum atomic E-state index is -0.162. The largest absolute Gasteiger partial charge is 0.375 e. The van der Waals surface area contributed by atoms with Crippen molar-refractivity contribution in [2.24, 2.45) is 0 Å². The monoisotopic (exact) mass is 724 g/mol. The van der Waals surface area contributed by atoms with Crippen molar-refractivity contribution >= 4 is 61.5 Å². The van der Waals surface area contributed by atoms with Gasteiger partial charge in [0, 0.05) is 44.0 Å². The Kier molecular flexibility index (Phi) is 6.99. The Hall–Kier alpha value is -7.50. The van der Waals surface area contributed by atoms with E-state index in [1.165, 1.54) is 82.8 Å². The van der Waals surface area contributed by atoms with E-state index in [0.29, 0.717) is 0 Å². The van der Waals surface area contributed by atoms with Gasteiger partial charge in [0.2, 0.25) is 0 Å². The highest BCUT2D eigenvalue weighted by Crippen LogP contribution is 2.45. The number of nitrogens with zero attached hydrogens (tertiary/aromatic N) is 4. The number of para-hydroxylation sites is 2. The molecule has 0 amide bonds. The summed E-state index contributed by atoms with van der Waals surface area (Å²) in [7, 11) is 0. The maximum absolute atomic E-state index is 4.85. The normalized spacial score (nSPS) is 12.2. The zero-order chi connectivity index (χ0) is 37.5. The molecule has 0 unspecified atom stereocenters. The molecule has 4 nitrogen and oxygen atoms in total. The first-order chi connectivity index (χ1) is 28.3. The Balaban J connectivity index is 1.32. The standard InChI is InChI=1S/C52H33BN4/c1-5-16-34(17-6-1)38-28-41(36-20-9-3-10-21-36)50-43(30-38)44-31-39(35-18-7-2-8-19-35)29-42(37-22-11-4-12-23-37)51(44)57(50)53-45-25-13-14-27-47(45)56-48-32-54-33-55-49(48)40-24-15-26-46(53)52(40)56/h1-33H. The lowest BCUT2D eigenvalue weighted by atomic mass is 9.48. The molecule has 3 aromatic heterocycles. The van der Waals surface area contributed by atoms with Crippen molar-refractivity contribution in [3.63, 3.8) is 0 Å². The molecule has 0 spiro atoms. The highest BCUT2D eigenvalue weighted by atomic mass is 15.0. The third-order valence-corrected chi connectivity index (χ3v) is 11.9. The fraction of sp³-hybridized carbons (Fsp3) is 0. The summed E-state index contributed by atoms with van der Waals surface area (Å²) in [5.74, 6) is 0. The van der Waals surface area contributed by atoms with Gasteiger partial charge in [-0.15, -0.1) is 0 Å². The van der Waals surface area contributed by atoms with Gasteiger partial charge in [-0.2, -0.15) is 0 Å². The molecule has 1 aliphatic rings. The van der Waals surface area contributed by atoms with Gasteiger partial charge < -0.3 is 9.05 Å². The predicted molar refractivity (Wildman–Crippen MR) is 238 cm³/mol. The lowest BCUT2D eigenvalue weighted by Crippen LogP contribution is -2.53. The Morgan fingerprint density at radius 1 is 0.404 bits per heavy atom. The third kappa shape index (κ3) is 4.76. The van der Waals surface area contributed by atoms with Crippen LogP contribution in [0.15, 0.2) is 201 Å². The van der Waals surface area contributed by atoms with E-state index >= 15 is 0 Å². The van der Waals surface area contributed by atoms with E-state index < -0.39 is 0 Å². The summed E-state index contributed by atoms with van der Waals surface area (Å²) in [6, 6.07) is 68.8. The van der Waals surface area contributed by atoms with Crippen LogP contribution in [-0.4, -0.2) is 25.9 Å². The van der Waals surface area contributed by atoms with Crippen molar-refractivity contribution in [3.8, 4) is 50.2 Å². The van der Waals surface area contributed by atoms with E-state index in [4.69, 9.17) is 4.98 Å². The molecular weight excluding hydrogens is 691 g/mol. The van der Waals surface area contributed by atoms with Crippen LogP contribution in [0.2, 0.25) is 0 Å². The number of benzene rings is 8. The molecule has 0 saturated carbocycles. The number of hydrogen-bond acceptors (Lipinski definition) is 2. The highest BCUT2D eigenvalue weighted by molar-refractivity contribution is 6.88. The molecule has 8 aromatic carbocycles. The first-order valence-electron chi connectivity index (χ1n) is 19.5. The van der Waals surface area contributed by atoms with Crippen LogP contribution < -0.4 is 10.9 Å². The summed E-state index contributed by atoms with van der Waals surface area (Å²) in [5.41, 5.74) is 18.7. The van der Waals surface area contributed by atoms with Crippen molar-refractivity contribution in [3.05, 3.63) is 201 Å². The highest BCUT2D eigenvalue weighted by Gasteiger charge is 2.37. The summed E-state index contributed by atoms with van der Waals surface area (Å²) in [4.78, 5) is 9.37. The fourth-order valence-corrected chi connectivity index (χ4v) is 9.49. The Morgan fingerprint density at radius 3 is 1.49 bits per heavy atom. The summed E-state index contributed by atoms with van der Waals surface area (Å²) in [6.07, 6.45) is 3.63. The van der Waals surface area contributed by atoms with Crippen LogP contribution in [-0.2, 0) is 0 Å². The number of rotatable bonds is 5. The second-order valence-corrected chi connectivity index (χ2v) is 15.0. The van der Waals surface area contributed by atoms with Crippen molar-refractivity contribution in [1.82, 2.24) is 19.0 Å². The summed E-state index contributed by atoms with van der Waals surface area (Å²) in [5, 5.41) is 3.58. The van der Waals surface area contributed by atoms with Crippen LogP contribution in [0, 0.1) is 0 Å².